The molecule has 0 unspecified atom stereocenters. The summed E-state index contributed by atoms with van der Waals surface area (Å²) in [6.45, 7) is 1.53. The van der Waals surface area contributed by atoms with Gasteiger partial charge in [-0.1, -0.05) is 12.5 Å². The van der Waals surface area contributed by atoms with Crippen molar-refractivity contribution in [2.75, 3.05) is 13.1 Å². The molecule has 1 aliphatic rings. The van der Waals surface area contributed by atoms with E-state index in [1.165, 1.54) is 16.6 Å². The average molecular weight is 353 g/mol. The van der Waals surface area contributed by atoms with Gasteiger partial charge in [-0.05, 0) is 30.4 Å². The molecule has 8 heteroatoms. The molecule has 0 aliphatic carbocycles. The van der Waals surface area contributed by atoms with Gasteiger partial charge in [-0.15, -0.1) is 11.3 Å². The first-order valence-corrected chi connectivity index (χ1v) is 9.88. The second-order valence-corrected chi connectivity index (χ2v) is 8.45. The lowest BCUT2D eigenvalue weighted by Crippen LogP contribution is -2.35. The summed E-state index contributed by atoms with van der Waals surface area (Å²) >= 11 is 1.56. The van der Waals surface area contributed by atoms with Crippen LogP contribution in [0.1, 0.15) is 34.6 Å². The number of rotatable bonds is 5. The number of hydrogen-bond acceptors (Lipinski definition) is 4. The molecule has 2 aromatic heterocycles. The molecule has 1 amide bonds. The molecule has 0 atom stereocenters. The Morgan fingerprint density at radius 3 is 2.78 bits per heavy atom. The molecule has 0 aromatic carbocycles. The van der Waals surface area contributed by atoms with Crippen LogP contribution in [0.5, 0.6) is 0 Å². The molecule has 1 aliphatic heterocycles. The lowest BCUT2D eigenvalue weighted by molar-refractivity contribution is 0.0947. The van der Waals surface area contributed by atoms with Crippen molar-refractivity contribution in [2.24, 2.45) is 0 Å². The summed E-state index contributed by atoms with van der Waals surface area (Å²) in [6, 6.07) is 5.27. The molecule has 0 radical (unpaired) electrons. The summed E-state index contributed by atoms with van der Waals surface area (Å²) in [5.41, 5.74) is 0.261. The van der Waals surface area contributed by atoms with Gasteiger partial charge in [-0.2, -0.15) is 4.31 Å². The summed E-state index contributed by atoms with van der Waals surface area (Å²) in [7, 11) is -3.51. The first-order valence-electron chi connectivity index (χ1n) is 7.56. The number of carbonyl (C=O) groups is 1. The van der Waals surface area contributed by atoms with Gasteiger partial charge < -0.3 is 10.3 Å². The van der Waals surface area contributed by atoms with Gasteiger partial charge in [0.05, 0.1) is 6.54 Å². The highest BCUT2D eigenvalue weighted by molar-refractivity contribution is 7.89. The zero-order chi connectivity index (χ0) is 16.3. The maximum absolute atomic E-state index is 12.5. The fourth-order valence-corrected chi connectivity index (χ4v) is 4.74. The van der Waals surface area contributed by atoms with Gasteiger partial charge in [0.25, 0.3) is 5.91 Å². The Labute approximate surface area is 139 Å². The Kier molecular flexibility index (Phi) is 4.84. The first kappa shape index (κ1) is 16.2. The van der Waals surface area contributed by atoms with Crippen LogP contribution in [0.25, 0.3) is 0 Å². The van der Waals surface area contributed by atoms with Crippen LogP contribution in [0, 0.1) is 0 Å². The minimum Gasteiger partial charge on any atom is -0.356 e. The van der Waals surface area contributed by atoms with Crippen LogP contribution in [0.3, 0.4) is 0 Å². The number of sulfonamides is 1. The summed E-state index contributed by atoms with van der Waals surface area (Å²) < 4.78 is 26.6. The van der Waals surface area contributed by atoms with Crippen molar-refractivity contribution in [1.82, 2.24) is 14.6 Å². The van der Waals surface area contributed by atoms with E-state index < -0.39 is 10.0 Å². The fourth-order valence-electron chi connectivity index (χ4n) is 2.58. The predicted octanol–water partition coefficient (Wildman–Crippen LogP) is 2.18. The Bertz CT molecular complexity index is 760. The number of hydrogen-bond donors (Lipinski definition) is 2. The molecular formula is C15H19N3O3S2. The topological polar surface area (TPSA) is 82.3 Å². The first-order chi connectivity index (χ1) is 11.1. The minimum absolute atomic E-state index is 0.153. The number of nitrogens with one attached hydrogen (secondary N) is 2. The Morgan fingerprint density at radius 2 is 2.09 bits per heavy atom. The smallest absolute Gasteiger partial charge is 0.268 e. The van der Waals surface area contributed by atoms with E-state index in [4.69, 9.17) is 0 Å². The molecule has 3 rings (SSSR count). The van der Waals surface area contributed by atoms with Crippen molar-refractivity contribution in [1.29, 1.82) is 0 Å². The van der Waals surface area contributed by atoms with Gasteiger partial charge in [0.15, 0.2) is 0 Å². The van der Waals surface area contributed by atoms with Crippen molar-refractivity contribution in [3.05, 3.63) is 40.3 Å². The lowest BCUT2D eigenvalue weighted by Gasteiger charge is -2.25. The van der Waals surface area contributed by atoms with E-state index in [1.54, 1.807) is 11.3 Å². The molecule has 0 saturated carbocycles. The average Bonchev–Trinajstić information content (AvgIpc) is 3.25. The standard InChI is InChI=1S/C15H19N3O3S2/c19-15(17-10-12-5-4-8-22-12)14-9-13(11-16-14)23(20,21)18-6-2-1-3-7-18/h4-5,8-9,11,16H,1-3,6-7,10H2,(H,17,19). The van der Waals surface area contributed by atoms with E-state index in [0.717, 1.165) is 24.1 Å². The van der Waals surface area contributed by atoms with E-state index >= 15 is 0 Å². The molecule has 124 valence electrons. The van der Waals surface area contributed by atoms with Crippen molar-refractivity contribution >= 4 is 27.3 Å². The Balaban J connectivity index is 1.68. The van der Waals surface area contributed by atoms with Crippen molar-refractivity contribution in [2.45, 2.75) is 30.7 Å². The molecule has 0 spiro atoms. The van der Waals surface area contributed by atoms with Crippen LogP contribution in [-0.2, 0) is 16.6 Å². The van der Waals surface area contributed by atoms with Crippen LogP contribution >= 0.6 is 11.3 Å². The van der Waals surface area contributed by atoms with E-state index in [9.17, 15) is 13.2 Å². The van der Waals surface area contributed by atoms with Crippen LogP contribution in [0.2, 0.25) is 0 Å². The lowest BCUT2D eigenvalue weighted by atomic mass is 10.2. The van der Waals surface area contributed by atoms with Gasteiger partial charge in [-0.3, -0.25) is 4.79 Å². The maximum atomic E-state index is 12.5. The predicted molar refractivity (Wildman–Crippen MR) is 88.9 cm³/mol. The van der Waals surface area contributed by atoms with Gasteiger partial charge in [0, 0.05) is 24.2 Å². The zero-order valence-electron chi connectivity index (χ0n) is 12.6. The molecule has 2 aromatic rings. The molecule has 1 saturated heterocycles. The van der Waals surface area contributed by atoms with Crippen molar-refractivity contribution < 1.29 is 13.2 Å². The SMILES string of the molecule is O=C(NCc1cccs1)c1cc(S(=O)(=O)N2CCCCC2)c[nH]1. The second kappa shape index (κ2) is 6.86. The number of thiophene rings is 1. The molecule has 6 nitrogen and oxygen atoms in total. The zero-order valence-corrected chi connectivity index (χ0v) is 14.3. The van der Waals surface area contributed by atoms with Gasteiger partial charge in [0.1, 0.15) is 10.6 Å². The molecular weight excluding hydrogens is 334 g/mol. The molecule has 3 heterocycles. The van der Waals surface area contributed by atoms with E-state index in [1.807, 2.05) is 17.5 Å². The van der Waals surface area contributed by atoms with Gasteiger partial charge in [0.2, 0.25) is 10.0 Å². The van der Waals surface area contributed by atoms with Crippen LogP contribution in [-0.4, -0.2) is 36.7 Å². The normalized spacial score (nSPS) is 16.3. The van der Waals surface area contributed by atoms with Crippen molar-refractivity contribution in [3.63, 3.8) is 0 Å². The minimum atomic E-state index is -3.51. The third-order valence-electron chi connectivity index (χ3n) is 3.86. The fraction of sp³-hybridized carbons (Fsp3) is 0.400. The monoisotopic (exact) mass is 353 g/mol. The molecule has 23 heavy (non-hydrogen) atoms. The summed E-state index contributed by atoms with van der Waals surface area (Å²) in [4.78, 5) is 16.1. The number of nitrogens with zero attached hydrogens (tertiary/aromatic N) is 1. The third kappa shape index (κ3) is 3.65. The van der Waals surface area contributed by atoms with Crippen LogP contribution in [0.15, 0.2) is 34.7 Å². The maximum Gasteiger partial charge on any atom is 0.268 e. The largest absolute Gasteiger partial charge is 0.356 e. The van der Waals surface area contributed by atoms with E-state index in [2.05, 4.69) is 10.3 Å². The molecule has 2 N–H and O–H groups in total. The summed E-state index contributed by atoms with van der Waals surface area (Å²) in [5, 5.41) is 4.72. The number of carbonyl (C=O) groups excluding carboxylic acids is 1. The Morgan fingerprint density at radius 1 is 1.30 bits per heavy atom. The van der Waals surface area contributed by atoms with Crippen LogP contribution < -0.4 is 5.32 Å². The highest BCUT2D eigenvalue weighted by atomic mass is 32.2. The highest BCUT2D eigenvalue weighted by Gasteiger charge is 2.27. The second-order valence-electron chi connectivity index (χ2n) is 5.48. The number of H-pyrrole nitrogens is 1. The number of aromatic nitrogens is 1. The van der Waals surface area contributed by atoms with Crippen LogP contribution in [0.4, 0.5) is 0 Å². The van der Waals surface area contributed by atoms with E-state index in [-0.39, 0.29) is 16.5 Å². The van der Waals surface area contributed by atoms with E-state index in [0.29, 0.717) is 19.6 Å². The quantitative estimate of drug-likeness (QED) is 0.864. The third-order valence-corrected chi connectivity index (χ3v) is 6.61. The molecule has 0 bridgehead atoms. The van der Waals surface area contributed by atoms with Gasteiger partial charge in [-0.25, -0.2) is 8.42 Å². The molecule has 1 fully saturated rings. The highest BCUT2D eigenvalue weighted by Crippen LogP contribution is 2.21. The summed E-state index contributed by atoms with van der Waals surface area (Å²) in [6.07, 6.45) is 4.23. The van der Waals surface area contributed by atoms with Gasteiger partial charge >= 0.3 is 0 Å². The number of amides is 1. The Hall–Kier alpha value is -1.64. The van der Waals surface area contributed by atoms with Crippen molar-refractivity contribution in [3.8, 4) is 0 Å². The summed E-state index contributed by atoms with van der Waals surface area (Å²) in [5.74, 6) is -0.307. The number of piperidine rings is 1. The number of aromatic amines is 1.